The predicted molar refractivity (Wildman–Crippen MR) is 108 cm³/mol. The number of anilines is 2. The number of rotatable bonds is 5. The monoisotopic (exact) mass is 393 g/mol. The van der Waals surface area contributed by atoms with Crippen LogP contribution in [0.5, 0.6) is 11.6 Å². The van der Waals surface area contributed by atoms with Crippen molar-refractivity contribution < 1.29 is 18.7 Å². The van der Waals surface area contributed by atoms with Crippen LogP contribution in [0.4, 0.5) is 15.8 Å². The lowest BCUT2D eigenvalue weighted by atomic mass is 10.1. The van der Waals surface area contributed by atoms with Crippen LogP contribution < -0.4 is 15.0 Å². The quantitative estimate of drug-likeness (QED) is 0.707. The zero-order valence-corrected chi connectivity index (χ0v) is 15.7. The maximum absolute atomic E-state index is 13.0. The fraction of sp³-hybridized carbons (Fsp3) is 0.182. The summed E-state index contributed by atoms with van der Waals surface area (Å²) in [6, 6.07) is 16.5. The zero-order valence-electron chi connectivity index (χ0n) is 15.7. The molecule has 29 heavy (non-hydrogen) atoms. The van der Waals surface area contributed by atoms with Gasteiger partial charge in [0.05, 0.1) is 30.7 Å². The number of hydrogen-bond acceptors (Lipinski definition) is 5. The van der Waals surface area contributed by atoms with Crippen molar-refractivity contribution >= 4 is 17.3 Å². The van der Waals surface area contributed by atoms with E-state index in [1.165, 1.54) is 30.5 Å². The minimum atomic E-state index is -0.333. The van der Waals surface area contributed by atoms with Gasteiger partial charge in [-0.3, -0.25) is 4.79 Å². The molecule has 1 amide bonds. The summed E-state index contributed by atoms with van der Waals surface area (Å²) in [5.74, 6) is 0.292. The molecule has 2 heterocycles. The Morgan fingerprint density at radius 3 is 2.52 bits per heavy atom. The molecule has 148 valence electrons. The minimum Gasteiger partial charge on any atom is -0.439 e. The normalized spacial score (nSPS) is 13.8. The van der Waals surface area contributed by atoms with Crippen molar-refractivity contribution in [3.8, 4) is 11.6 Å². The number of nitrogens with zero attached hydrogens (tertiary/aromatic N) is 2. The number of nitrogens with one attached hydrogen (secondary N) is 1. The van der Waals surface area contributed by atoms with Gasteiger partial charge in [-0.25, -0.2) is 9.37 Å². The average Bonchev–Trinajstić information content (AvgIpc) is 2.77. The number of aromatic nitrogens is 1. The summed E-state index contributed by atoms with van der Waals surface area (Å²) in [4.78, 5) is 19.2. The third-order valence-electron chi connectivity index (χ3n) is 4.53. The number of morpholine rings is 1. The Hall–Kier alpha value is -3.45. The highest BCUT2D eigenvalue weighted by molar-refractivity contribution is 6.08. The number of benzene rings is 2. The third-order valence-corrected chi connectivity index (χ3v) is 4.53. The maximum Gasteiger partial charge on any atom is 0.257 e. The topological polar surface area (TPSA) is 63.7 Å². The Kier molecular flexibility index (Phi) is 5.67. The summed E-state index contributed by atoms with van der Waals surface area (Å²) >= 11 is 0. The van der Waals surface area contributed by atoms with E-state index < -0.39 is 0 Å². The number of pyridine rings is 1. The van der Waals surface area contributed by atoms with Gasteiger partial charge in [-0.15, -0.1) is 0 Å². The van der Waals surface area contributed by atoms with Gasteiger partial charge in [0, 0.05) is 24.8 Å². The molecule has 1 fully saturated rings. The first-order valence-electron chi connectivity index (χ1n) is 9.31. The Labute approximate surface area is 167 Å². The van der Waals surface area contributed by atoms with Crippen LogP contribution in [0.2, 0.25) is 0 Å². The van der Waals surface area contributed by atoms with Gasteiger partial charge in [0.2, 0.25) is 5.88 Å². The van der Waals surface area contributed by atoms with E-state index in [4.69, 9.17) is 9.47 Å². The van der Waals surface area contributed by atoms with E-state index in [1.807, 2.05) is 18.2 Å². The van der Waals surface area contributed by atoms with Gasteiger partial charge in [-0.1, -0.05) is 12.1 Å². The van der Waals surface area contributed by atoms with Gasteiger partial charge in [0.25, 0.3) is 5.91 Å². The molecule has 0 spiro atoms. The molecule has 1 aromatic heterocycles. The number of para-hydroxylation sites is 1. The highest BCUT2D eigenvalue weighted by atomic mass is 19.1. The van der Waals surface area contributed by atoms with E-state index in [0.29, 0.717) is 36.1 Å². The number of halogens is 1. The smallest absolute Gasteiger partial charge is 0.257 e. The molecule has 0 aliphatic carbocycles. The van der Waals surface area contributed by atoms with E-state index >= 15 is 0 Å². The van der Waals surface area contributed by atoms with Crippen LogP contribution in [0.25, 0.3) is 0 Å². The van der Waals surface area contributed by atoms with Gasteiger partial charge in [-0.05, 0) is 42.5 Å². The molecule has 6 nitrogen and oxygen atoms in total. The second-order valence-electron chi connectivity index (χ2n) is 6.51. The number of amides is 1. The molecule has 1 aliphatic rings. The molecular weight excluding hydrogens is 373 g/mol. The van der Waals surface area contributed by atoms with Crippen LogP contribution >= 0.6 is 0 Å². The van der Waals surface area contributed by atoms with Crippen molar-refractivity contribution in [3.63, 3.8) is 0 Å². The molecule has 0 saturated carbocycles. The molecule has 3 aromatic rings. The van der Waals surface area contributed by atoms with Crippen LogP contribution in [-0.4, -0.2) is 37.2 Å². The number of carbonyl (C=O) groups is 1. The summed E-state index contributed by atoms with van der Waals surface area (Å²) < 4.78 is 23.9. The van der Waals surface area contributed by atoms with Gasteiger partial charge in [0.15, 0.2) is 0 Å². The lowest BCUT2D eigenvalue weighted by Gasteiger charge is -2.30. The van der Waals surface area contributed by atoms with Crippen molar-refractivity contribution in [2.24, 2.45) is 0 Å². The molecule has 2 aromatic carbocycles. The fourth-order valence-electron chi connectivity index (χ4n) is 3.08. The van der Waals surface area contributed by atoms with E-state index in [9.17, 15) is 9.18 Å². The van der Waals surface area contributed by atoms with Crippen LogP contribution in [0.3, 0.4) is 0 Å². The van der Waals surface area contributed by atoms with E-state index in [1.54, 1.807) is 18.2 Å². The Morgan fingerprint density at radius 1 is 1.03 bits per heavy atom. The van der Waals surface area contributed by atoms with Crippen molar-refractivity contribution in [1.29, 1.82) is 0 Å². The summed E-state index contributed by atoms with van der Waals surface area (Å²) in [5, 5.41) is 2.87. The van der Waals surface area contributed by atoms with E-state index in [2.05, 4.69) is 15.2 Å². The third kappa shape index (κ3) is 4.70. The predicted octanol–water partition coefficient (Wildman–Crippen LogP) is 4.10. The molecule has 4 rings (SSSR count). The van der Waals surface area contributed by atoms with Crippen molar-refractivity contribution in [3.05, 3.63) is 78.2 Å². The Bertz CT molecular complexity index is 971. The van der Waals surface area contributed by atoms with E-state index in [-0.39, 0.29) is 11.7 Å². The maximum atomic E-state index is 13.0. The van der Waals surface area contributed by atoms with Gasteiger partial charge >= 0.3 is 0 Å². The molecule has 7 heteroatoms. The van der Waals surface area contributed by atoms with Gasteiger partial charge < -0.3 is 19.7 Å². The number of hydrogen-bond donors (Lipinski definition) is 1. The summed E-state index contributed by atoms with van der Waals surface area (Å²) in [6.45, 7) is 2.80. The second-order valence-corrected chi connectivity index (χ2v) is 6.51. The van der Waals surface area contributed by atoms with Crippen LogP contribution in [0, 0.1) is 5.82 Å². The number of ether oxygens (including phenoxy) is 2. The number of carbonyl (C=O) groups excluding carboxylic acids is 1. The Balaban J connectivity index is 1.44. The van der Waals surface area contributed by atoms with E-state index in [0.717, 1.165) is 18.8 Å². The molecule has 0 atom stereocenters. The minimum absolute atomic E-state index is 0.207. The lowest BCUT2D eigenvalue weighted by molar-refractivity contribution is 0.102. The highest BCUT2D eigenvalue weighted by Crippen LogP contribution is 2.24. The first-order valence-corrected chi connectivity index (χ1v) is 9.31. The first-order chi connectivity index (χ1) is 14.2. The summed E-state index contributed by atoms with van der Waals surface area (Å²) in [7, 11) is 0. The average molecular weight is 393 g/mol. The largest absolute Gasteiger partial charge is 0.439 e. The van der Waals surface area contributed by atoms with Crippen molar-refractivity contribution in [2.75, 3.05) is 36.5 Å². The molecule has 0 unspecified atom stereocenters. The highest BCUT2D eigenvalue weighted by Gasteiger charge is 2.18. The van der Waals surface area contributed by atoms with Crippen molar-refractivity contribution in [1.82, 2.24) is 4.98 Å². The van der Waals surface area contributed by atoms with Gasteiger partial charge in [-0.2, -0.15) is 0 Å². The standard InChI is InChI=1S/C22H20FN3O3/c23-16-5-8-18(9-6-16)29-21-10-7-17(15-24-21)25-22(27)19-3-1-2-4-20(19)26-11-13-28-14-12-26/h1-10,15H,11-14H2,(H,25,27). The molecule has 1 aliphatic heterocycles. The van der Waals surface area contributed by atoms with Crippen LogP contribution in [-0.2, 0) is 4.74 Å². The SMILES string of the molecule is O=C(Nc1ccc(Oc2ccc(F)cc2)nc1)c1ccccc1N1CCOCC1. The van der Waals surface area contributed by atoms with Crippen LogP contribution in [0.1, 0.15) is 10.4 Å². The van der Waals surface area contributed by atoms with Crippen LogP contribution in [0.15, 0.2) is 66.9 Å². The molecule has 1 saturated heterocycles. The van der Waals surface area contributed by atoms with Crippen molar-refractivity contribution in [2.45, 2.75) is 0 Å². The summed E-state index contributed by atoms with van der Waals surface area (Å²) in [6.07, 6.45) is 1.52. The lowest BCUT2D eigenvalue weighted by Crippen LogP contribution is -2.37. The fourth-order valence-corrected chi connectivity index (χ4v) is 3.08. The Morgan fingerprint density at radius 2 is 1.79 bits per heavy atom. The first kappa shape index (κ1) is 18.9. The second kappa shape index (κ2) is 8.70. The summed E-state index contributed by atoms with van der Waals surface area (Å²) in [5.41, 5.74) is 2.04. The van der Waals surface area contributed by atoms with Gasteiger partial charge in [0.1, 0.15) is 11.6 Å². The molecule has 0 bridgehead atoms. The molecule has 1 N–H and O–H groups in total. The zero-order chi connectivity index (χ0) is 20.1. The molecule has 0 radical (unpaired) electrons. The molecular formula is C22H20FN3O3.